The Morgan fingerprint density at radius 1 is 1.20 bits per heavy atom. The molecule has 1 amide bonds. The van der Waals surface area contributed by atoms with Crippen molar-refractivity contribution in [2.75, 3.05) is 6.54 Å². The number of carbonyl (C=O) groups excluding carboxylic acids is 1. The topological polar surface area (TPSA) is 38.8 Å². The Kier molecular flexibility index (Phi) is 4.95. The van der Waals surface area contributed by atoms with Gasteiger partial charge in [0.25, 0.3) is 5.91 Å². The molecule has 0 aromatic heterocycles. The number of likely N-dealkylation sites (tertiary alicyclic amines) is 1. The first-order chi connectivity index (χ1) is 11.6. The van der Waals surface area contributed by atoms with Gasteiger partial charge in [0, 0.05) is 28.6 Å². The van der Waals surface area contributed by atoms with Crippen molar-refractivity contribution in [3.05, 3.63) is 28.8 Å². The van der Waals surface area contributed by atoms with Crippen LogP contribution in [0, 0.1) is 0 Å². The molecule has 2 saturated heterocycles. The Balaban J connectivity index is 1.88. The van der Waals surface area contributed by atoms with Crippen LogP contribution in [-0.4, -0.2) is 41.7 Å². The molecular formula is C19H27BClNO3. The SMILES string of the molecule is CC1CCCCN1C(=O)c1ccc(Cl)c(B2OC(C)(C)C(C)(C)O2)c1. The minimum absolute atomic E-state index is 0.0571. The van der Waals surface area contributed by atoms with E-state index >= 15 is 0 Å². The molecule has 25 heavy (non-hydrogen) atoms. The summed E-state index contributed by atoms with van der Waals surface area (Å²) in [5, 5.41) is 0.557. The van der Waals surface area contributed by atoms with E-state index < -0.39 is 18.3 Å². The molecular weight excluding hydrogens is 336 g/mol. The lowest BCUT2D eigenvalue weighted by Crippen LogP contribution is -2.43. The van der Waals surface area contributed by atoms with Crippen LogP contribution in [0.2, 0.25) is 5.02 Å². The van der Waals surface area contributed by atoms with E-state index in [4.69, 9.17) is 20.9 Å². The molecule has 0 aliphatic carbocycles. The Morgan fingerprint density at radius 3 is 2.44 bits per heavy atom. The second-order valence-corrected chi connectivity index (χ2v) is 8.58. The molecule has 2 aliphatic rings. The van der Waals surface area contributed by atoms with Gasteiger partial charge in [0.1, 0.15) is 0 Å². The van der Waals surface area contributed by atoms with Gasteiger partial charge in [0.05, 0.1) is 11.2 Å². The molecule has 0 bridgehead atoms. The molecule has 1 atom stereocenters. The average Bonchev–Trinajstić information content (AvgIpc) is 2.75. The summed E-state index contributed by atoms with van der Waals surface area (Å²) in [6.07, 6.45) is 3.31. The molecule has 2 aliphatic heterocycles. The van der Waals surface area contributed by atoms with Gasteiger partial charge in [0.2, 0.25) is 0 Å². The normalized spacial score (nSPS) is 25.3. The molecule has 2 heterocycles. The first kappa shape index (κ1) is 18.7. The van der Waals surface area contributed by atoms with Crippen LogP contribution in [0.15, 0.2) is 18.2 Å². The van der Waals surface area contributed by atoms with Crippen molar-refractivity contribution in [2.45, 2.75) is 71.1 Å². The van der Waals surface area contributed by atoms with Crippen molar-refractivity contribution in [2.24, 2.45) is 0 Å². The Labute approximate surface area is 156 Å². The van der Waals surface area contributed by atoms with Crippen LogP contribution in [0.4, 0.5) is 0 Å². The van der Waals surface area contributed by atoms with E-state index in [0.29, 0.717) is 10.6 Å². The number of hydrogen-bond acceptors (Lipinski definition) is 3. The largest absolute Gasteiger partial charge is 0.496 e. The predicted octanol–water partition coefficient (Wildman–Crippen LogP) is 3.65. The van der Waals surface area contributed by atoms with Gasteiger partial charge in [-0.15, -0.1) is 0 Å². The molecule has 1 aromatic carbocycles. The van der Waals surface area contributed by atoms with Gasteiger partial charge in [-0.05, 0) is 72.1 Å². The minimum Gasteiger partial charge on any atom is -0.399 e. The van der Waals surface area contributed by atoms with Crippen molar-refractivity contribution in [3.8, 4) is 0 Å². The zero-order chi connectivity index (χ0) is 18.4. The molecule has 0 N–H and O–H groups in total. The third kappa shape index (κ3) is 3.47. The third-order valence-corrected chi connectivity index (χ3v) is 6.16. The van der Waals surface area contributed by atoms with Gasteiger partial charge >= 0.3 is 7.12 Å². The van der Waals surface area contributed by atoms with Gasteiger partial charge < -0.3 is 14.2 Å². The second kappa shape index (κ2) is 6.60. The van der Waals surface area contributed by atoms with Gasteiger partial charge in [-0.1, -0.05) is 11.6 Å². The van der Waals surface area contributed by atoms with Gasteiger partial charge in [0.15, 0.2) is 0 Å². The number of amides is 1. The summed E-state index contributed by atoms with van der Waals surface area (Å²) in [6.45, 7) is 10.9. The first-order valence-corrected chi connectivity index (χ1v) is 9.46. The highest BCUT2D eigenvalue weighted by Gasteiger charge is 2.52. The maximum Gasteiger partial charge on any atom is 0.496 e. The van der Waals surface area contributed by atoms with E-state index in [1.165, 1.54) is 6.42 Å². The van der Waals surface area contributed by atoms with Crippen LogP contribution < -0.4 is 5.46 Å². The summed E-state index contributed by atoms with van der Waals surface area (Å²) in [7, 11) is -0.566. The van der Waals surface area contributed by atoms with Crippen LogP contribution >= 0.6 is 11.6 Å². The van der Waals surface area contributed by atoms with E-state index in [-0.39, 0.29) is 11.9 Å². The summed E-state index contributed by atoms with van der Waals surface area (Å²) < 4.78 is 12.2. The van der Waals surface area contributed by atoms with Gasteiger partial charge in [-0.3, -0.25) is 4.79 Å². The van der Waals surface area contributed by atoms with Gasteiger partial charge in [-0.25, -0.2) is 0 Å². The highest BCUT2D eigenvalue weighted by molar-refractivity contribution is 6.65. The molecule has 3 rings (SSSR count). The number of nitrogens with zero attached hydrogens (tertiary/aromatic N) is 1. The maximum absolute atomic E-state index is 12.9. The third-order valence-electron chi connectivity index (χ3n) is 5.81. The zero-order valence-corrected chi connectivity index (χ0v) is 16.5. The van der Waals surface area contributed by atoms with Crippen molar-refractivity contribution in [1.29, 1.82) is 0 Å². The van der Waals surface area contributed by atoms with E-state index in [2.05, 4.69) is 6.92 Å². The maximum atomic E-state index is 12.9. The Morgan fingerprint density at radius 2 is 1.84 bits per heavy atom. The quantitative estimate of drug-likeness (QED) is 0.753. The van der Waals surface area contributed by atoms with Crippen molar-refractivity contribution in [1.82, 2.24) is 4.90 Å². The molecule has 136 valence electrons. The second-order valence-electron chi connectivity index (χ2n) is 8.17. The fourth-order valence-corrected chi connectivity index (χ4v) is 3.60. The van der Waals surface area contributed by atoms with Crippen LogP contribution in [-0.2, 0) is 9.31 Å². The number of rotatable bonds is 2. The molecule has 1 aromatic rings. The number of carbonyl (C=O) groups is 1. The van der Waals surface area contributed by atoms with Crippen molar-refractivity contribution in [3.63, 3.8) is 0 Å². The molecule has 0 spiro atoms. The predicted molar refractivity (Wildman–Crippen MR) is 102 cm³/mol. The van der Waals surface area contributed by atoms with Crippen LogP contribution in [0.5, 0.6) is 0 Å². The summed E-state index contributed by atoms with van der Waals surface area (Å²) in [5.74, 6) is 0.0571. The molecule has 0 radical (unpaired) electrons. The van der Waals surface area contributed by atoms with Crippen LogP contribution in [0.25, 0.3) is 0 Å². The van der Waals surface area contributed by atoms with Crippen LogP contribution in [0.1, 0.15) is 64.2 Å². The van der Waals surface area contributed by atoms with E-state index in [0.717, 1.165) is 24.8 Å². The number of hydrogen-bond donors (Lipinski definition) is 0. The molecule has 0 saturated carbocycles. The molecule has 1 unspecified atom stereocenters. The van der Waals surface area contributed by atoms with Crippen LogP contribution in [0.3, 0.4) is 0 Å². The number of halogens is 1. The Hall–Kier alpha value is -1.04. The molecule has 4 nitrogen and oxygen atoms in total. The molecule has 6 heteroatoms. The van der Waals surface area contributed by atoms with E-state index in [1.54, 1.807) is 12.1 Å². The lowest BCUT2D eigenvalue weighted by Gasteiger charge is -2.33. The standard InChI is InChI=1S/C19H27BClNO3/c1-13-8-6-7-11-22(13)17(23)14-9-10-16(21)15(12-14)20-24-18(2,3)19(4,5)25-20/h9-10,12-13H,6-8,11H2,1-5H3. The van der Waals surface area contributed by atoms with E-state index in [9.17, 15) is 4.79 Å². The van der Waals surface area contributed by atoms with Crippen molar-refractivity contribution < 1.29 is 14.1 Å². The smallest absolute Gasteiger partial charge is 0.399 e. The zero-order valence-electron chi connectivity index (χ0n) is 15.8. The Bertz CT molecular complexity index is 661. The average molecular weight is 364 g/mol. The fraction of sp³-hybridized carbons (Fsp3) is 0.632. The fourth-order valence-electron chi connectivity index (χ4n) is 3.39. The lowest BCUT2D eigenvalue weighted by atomic mass is 9.78. The summed E-state index contributed by atoms with van der Waals surface area (Å²) in [4.78, 5) is 14.9. The van der Waals surface area contributed by atoms with Crippen molar-refractivity contribution >= 4 is 30.1 Å². The summed E-state index contributed by atoms with van der Waals surface area (Å²) in [6, 6.07) is 5.66. The number of benzene rings is 1. The van der Waals surface area contributed by atoms with Gasteiger partial charge in [-0.2, -0.15) is 0 Å². The molecule has 2 fully saturated rings. The monoisotopic (exact) mass is 363 g/mol. The summed E-state index contributed by atoms with van der Waals surface area (Å²) >= 11 is 6.40. The summed E-state index contributed by atoms with van der Waals surface area (Å²) in [5.41, 5.74) is 0.476. The lowest BCUT2D eigenvalue weighted by molar-refractivity contribution is 0.00578. The minimum atomic E-state index is -0.566. The first-order valence-electron chi connectivity index (χ1n) is 9.08. The van der Waals surface area contributed by atoms with E-state index in [1.807, 2.05) is 38.7 Å². The highest BCUT2D eigenvalue weighted by atomic mass is 35.5. The highest BCUT2D eigenvalue weighted by Crippen LogP contribution is 2.37. The number of piperidine rings is 1.